The summed E-state index contributed by atoms with van der Waals surface area (Å²) in [6.45, 7) is 4.22. The van der Waals surface area contributed by atoms with Crippen molar-refractivity contribution in [3.05, 3.63) is 81.3 Å². The maximum Gasteiger partial charge on any atom is 0.256 e. The van der Waals surface area contributed by atoms with Crippen LogP contribution in [-0.2, 0) is 4.79 Å². The maximum atomic E-state index is 13.2. The molecule has 6 nitrogen and oxygen atoms in total. The molecule has 2 aromatic carbocycles. The Morgan fingerprint density at radius 2 is 1.91 bits per heavy atom. The summed E-state index contributed by atoms with van der Waals surface area (Å²) >= 11 is 12.2. The molecule has 1 aliphatic rings. The Hall–Kier alpha value is -2.90. The summed E-state index contributed by atoms with van der Waals surface area (Å²) in [5.41, 5.74) is 2.68. The van der Waals surface area contributed by atoms with E-state index in [4.69, 9.17) is 23.2 Å². The SMILES string of the molecule is Cc1c(C(C)NC(=O)C2CCCN2C(=O)c2cc(Cl)ccc2Cl)cnn1-c1ccc(F)cc1. The lowest BCUT2D eigenvalue weighted by Gasteiger charge is -2.26. The maximum absolute atomic E-state index is 13.2. The third-order valence-electron chi connectivity index (χ3n) is 5.92. The van der Waals surface area contributed by atoms with E-state index < -0.39 is 6.04 Å². The number of hydrogen-bond acceptors (Lipinski definition) is 3. The number of amides is 2. The summed E-state index contributed by atoms with van der Waals surface area (Å²) in [5.74, 6) is -0.868. The number of halogens is 3. The minimum absolute atomic E-state index is 0.236. The molecular weight excluding hydrogens is 466 g/mol. The third kappa shape index (κ3) is 4.75. The highest BCUT2D eigenvalue weighted by Crippen LogP contribution is 2.27. The molecule has 2 atom stereocenters. The van der Waals surface area contributed by atoms with Crippen molar-refractivity contribution < 1.29 is 14.0 Å². The van der Waals surface area contributed by atoms with Gasteiger partial charge in [0.15, 0.2) is 0 Å². The smallest absolute Gasteiger partial charge is 0.256 e. The lowest BCUT2D eigenvalue weighted by Crippen LogP contribution is -2.46. The molecule has 3 aromatic rings. The van der Waals surface area contributed by atoms with Gasteiger partial charge in [-0.2, -0.15) is 5.10 Å². The van der Waals surface area contributed by atoms with Gasteiger partial charge in [0.1, 0.15) is 11.9 Å². The van der Waals surface area contributed by atoms with E-state index in [1.54, 1.807) is 40.0 Å². The van der Waals surface area contributed by atoms with Crippen LogP contribution in [0.5, 0.6) is 0 Å². The molecule has 172 valence electrons. The zero-order valence-electron chi connectivity index (χ0n) is 18.2. The number of hydrogen-bond donors (Lipinski definition) is 1. The minimum Gasteiger partial charge on any atom is -0.348 e. The van der Waals surface area contributed by atoms with Gasteiger partial charge in [-0.1, -0.05) is 23.2 Å². The molecule has 0 radical (unpaired) electrons. The first-order valence-electron chi connectivity index (χ1n) is 10.6. The summed E-state index contributed by atoms with van der Waals surface area (Å²) in [5, 5.41) is 8.11. The van der Waals surface area contributed by atoms with E-state index in [0.29, 0.717) is 23.0 Å². The molecule has 0 aliphatic carbocycles. The summed E-state index contributed by atoms with van der Waals surface area (Å²) in [6, 6.07) is 9.82. The standard InChI is InChI=1S/C24H23Cl2FN4O2/c1-14(20-13-28-31(15(20)2)18-8-6-17(27)7-9-18)29-23(32)22-4-3-11-30(22)24(33)19-12-16(25)5-10-21(19)26/h5-10,12-14,22H,3-4,11H2,1-2H3,(H,29,32). The van der Waals surface area contributed by atoms with Crippen molar-refractivity contribution in [3.63, 3.8) is 0 Å². The Morgan fingerprint density at radius 1 is 1.18 bits per heavy atom. The second-order valence-electron chi connectivity index (χ2n) is 8.08. The van der Waals surface area contributed by atoms with Crippen LogP contribution in [0.4, 0.5) is 4.39 Å². The van der Waals surface area contributed by atoms with Gasteiger partial charge in [0.2, 0.25) is 5.91 Å². The molecule has 1 fully saturated rings. The number of aromatic nitrogens is 2. The number of likely N-dealkylation sites (tertiary alicyclic amines) is 1. The van der Waals surface area contributed by atoms with Crippen LogP contribution in [0.15, 0.2) is 48.7 Å². The summed E-state index contributed by atoms with van der Waals surface area (Å²) < 4.78 is 14.9. The predicted octanol–water partition coefficient (Wildman–Crippen LogP) is 5.11. The van der Waals surface area contributed by atoms with Crippen molar-refractivity contribution in [3.8, 4) is 5.69 Å². The van der Waals surface area contributed by atoms with Gasteiger partial charge in [0, 0.05) is 22.8 Å². The zero-order valence-corrected chi connectivity index (χ0v) is 19.7. The van der Waals surface area contributed by atoms with E-state index in [1.807, 2.05) is 13.8 Å². The average Bonchev–Trinajstić information content (AvgIpc) is 3.43. The molecule has 0 bridgehead atoms. The highest BCUT2D eigenvalue weighted by molar-refractivity contribution is 6.35. The number of nitrogens with one attached hydrogen (secondary N) is 1. The molecule has 1 aromatic heterocycles. The fourth-order valence-electron chi connectivity index (χ4n) is 4.18. The molecule has 0 spiro atoms. The number of rotatable bonds is 5. The van der Waals surface area contributed by atoms with Gasteiger partial charge in [-0.15, -0.1) is 0 Å². The zero-order chi connectivity index (χ0) is 23.7. The largest absolute Gasteiger partial charge is 0.348 e. The first kappa shape index (κ1) is 23.3. The number of benzene rings is 2. The fraction of sp³-hybridized carbons (Fsp3) is 0.292. The second kappa shape index (κ2) is 9.53. The Kier molecular flexibility index (Phi) is 6.72. The highest BCUT2D eigenvalue weighted by Gasteiger charge is 2.36. The molecular formula is C24H23Cl2FN4O2. The summed E-state index contributed by atoms with van der Waals surface area (Å²) in [6.07, 6.45) is 2.97. The molecule has 33 heavy (non-hydrogen) atoms. The quantitative estimate of drug-likeness (QED) is 0.542. The highest BCUT2D eigenvalue weighted by atomic mass is 35.5. The van der Waals surface area contributed by atoms with E-state index in [-0.39, 0.29) is 29.2 Å². The predicted molar refractivity (Wildman–Crippen MR) is 125 cm³/mol. The van der Waals surface area contributed by atoms with Gasteiger partial charge in [0.05, 0.1) is 28.5 Å². The normalized spacial score (nSPS) is 16.6. The van der Waals surface area contributed by atoms with Gasteiger partial charge in [-0.3, -0.25) is 9.59 Å². The molecule has 4 rings (SSSR count). The Balaban J connectivity index is 1.49. The van der Waals surface area contributed by atoms with Crippen molar-refractivity contribution >= 4 is 35.0 Å². The van der Waals surface area contributed by atoms with E-state index >= 15 is 0 Å². The molecule has 2 amide bonds. The van der Waals surface area contributed by atoms with E-state index in [9.17, 15) is 14.0 Å². The second-order valence-corrected chi connectivity index (χ2v) is 8.93. The van der Waals surface area contributed by atoms with Gasteiger partial charge in [-0.05, 0) is 69.2 Å². The van der Waals surface area contributed by atoms with Crippen LogP contribution in [0.3, 0.4) is 0 Å². The average molecular weight is 489 g/mol. The molecule has 9 heteroatoms. The third-order valence-corrected chi connectivity index (χ3v) is 6.48. The first-order chi connectivity index (χ1) is 15.8. The summed E-state index contributed by atoms with van der Waals surface area (Å²) in [4.78, 5) is 27.8. The molecule has 0 saturated carbocycles. The molecule has 2 heterocycles. The number of carbonyl (C=O) groups is 2. The van der Waals surface area contributed by atoms with Crippen LogP contribution >= 0.6 is 23.2 Å². The Morgan fingerprint density at radius 3 is 2.64 bits per heavy atom. The Bertz CT molecular complexity index is 1200. The number of nitrogens with zero attached hydrogens (tertiary/aromatic N) is 3. The minimum atomic E-state index is -0.595. The lowest BCUT2D eigenvalue weighted by molar-refractivity contribution is -0.125. The van der Waals surface area contributed by atoms with Crippen LogP contribution in [0.25, 0.3) is 5.69 Å². The van der Waals surface area contributed by atoms with Crippen molar-refractivity contribution in [2.24, 2.45) is 0 Å². The van der Waals surface area contributed by atoms with Gasteiger partial charge < -0.3 is 10.2 Å². The van der Waals surface area contributed by atoms with Crippen LogP contribution in [0.1, 0.15) is 47.4 Å². The monoisotopic (exact) mass is 488 g/mol. The fourth-order valence-corrected chi connectivity index (χ4v) is 4.55. The van der Waals surface area contributed by atoms with Crippen LogP contribution in [0.2, 0.25) is 10.0 Å². The van der Waals surface area contributed by atoms with Crippen molar-refractivity contribution in [2.45, 2.75) is 38.8 Å². The topological polar surface area (TPSA) is 67.2 Å². The van der Waals surface area contributed by atoms with Crippen LogP contribution in [0, 0.1) is 12.7 Å². The van der Waals surface area contributed by atoms with E-state index in [0.717, 1.165) is 23.4 Å². The summed E-state index contributed by atoms with van der Waals surface area (Å²) in [7, 11) is 0. The molecule has 1 N–H and O–H groups in total. The van der Waals surface area contributed by atoms with E-state index in [2.05, 4.69) is 10.4 Å². The molecule has 1 aliphatic heterocycles. The first-order valence-corrected chi connectivity index (χ1v) is 11.4. The molecule has 1 saturated heterocycles. The molecule has 2 unspecified atom stereocenters. The van der Waals surface area contributed by atoms with E-state index in [1.165, 1.54) is 18.2 Å². The van der Waals surface area contributed by atoms with Gasteiger partial charge >= 0.3 is 0 Å². The number of carbonyl (C=O) groups excluding carboxylic acids is 2. The Labute approximate surface area is 201 Å². The van der Waals surface area contributed by atoms with Gasteiger partial charge in [-0.25, -0.2) is 9.07 Å². The van der Waals surface area contributed by atoms with Crippen LogP contribution in [-0.4, -0.2) is 39.1 Å². The van der Waals surface area contributed by atoms with Crippen molar-refractivity contribution in [1.82, 2.24) is 20.0 Å². The van der Waals surface area contributed by atoms with Gasteiger partial charge in [0.25, 0.3) is 5.91 Å². The van der Waals surface area contributed by atoms with Crippen LogP contribution < -0.4 is 5.32 Å². The van der Waals surface area contributed by atoms with Crippen molar-refractivity contribution in [2.75, 3.05) is 6.54 Å². The lowest BCUT2D eigenvalue weighted by atomic mass is 10.1. The van der Waals surface area contributed by atoms with Crippen molar-refractivity contribution in [1.29, 1.82) is 0 Å².